The van der Waals surface area contributed by atoms with Gasteiger partial charge in [-0.05, 0) is 81.1 Å². The number of hydrogen-bond acceptors (Lipinski definition) is 6. The summed E-state index contributed by atoms with van der Waals surface area (Å²) in [7, 11) is 0. The molecule has 0 aliphatic carbocycles. The van der Waals surface area contributed by atoms with Gasteiger partial charge in [-0.1, -0.05) is 0 Å². The van der Waals surface area contributed by atoms with E-state index in [0.717, 1.165) is 0 Å². The van der Waals surface area contributed by atoms with Crippen molar-refractivity contribution >= 4 is 11.8 Å². The molecule has 168 valence electrons. The van der Waals surface area contributed by atoms with Gasteiger partial charge in [0.25, 0.3) is 0 Å². The first-order valence-corrected chi connectivity index (χ1v) is 10.5. The Bertz CT molecular complexity index is 555. The lowest BCUT2D eigenvalue weighted by atomic mass is 9.79. The fourth-order valence-electron chi connectivity index (χ4n) is 5.45. The lowest BCUT2D eigenvalue weighted by Crippen LogP contribution is -2.63. The highest BCUT2D eigenvalue weighted by atomic mass is 16.5. The zero-order chi connectivity index (χ0) is 22.4. The number of hydroxylamine groups is 4. The van der Waals surface area contributed by atoms with E-state index in [1.54, 1.807) is 0 Å². The van der Waals surface area contributed by atoms with Crippen molar-refractivity contribution < 1.29 is 20.0 Å². The van der Waals surface area contributed by atoms with E-state index in [0.29, 0.717) is 25.7 Å². The van der Waals surface area contributed by atoms with E-state index >= 15 is 0 Å². The molecule has 2 fully saturated rings. The molecular formula is C21H40N4O4. The van der Waals surface area contributed by atoms with Gasteiger partial charge in [-0.2, -0.15) is 10.1 Å². The lowest BCUT2D eigenvalue weighted by Gasteiger charge is -2.51. The van der Waals surface area contributed by atoms with Gasteiger partial charge in [0.05, 0.1) is 0 Å². The molecule has 0 spiro atoms. The summed E-state index contributed by atoms with van der Waals surface area (Å²) in [6, 6.07) is -0.196. The summed E-state index contributed by atoms with van der Waals surface area (Å²) in [5, 5.41) is 29.4. The molecule has 0 atom stereocenters. The number of rotatable bonds is 4. The first-order valence-electron chi connectivity index (χ1n) is 10.5. The van der Waals surface area contributed by atoms with Crippen LogP contribution < -0.4 is 10.6 Å². The van der Waals surface area contributed by atoms with Gasteiger partial charge in [0.1, 0.15) is 6.42 Å². The highest BCUT2D eigenvalue weighted by molar-refractivity contribution is 5.97. The maximum absolute atomic E-state index is 12.5. The average Bonchev–Trinajstić information content (AvgIpc) is 2.48. The molecule has 0 saturated carbocycles. The third-order valence-electron chi connectivity index (χ3n) is 6.33. The van der Waals surface area contributed by atoms with Gasteiger partial charge in [-0.3, -0.25) is 9.59 Å². The van der Waals surface area contributed by atoms with E-state index in [2.05, 4.69) is 10.6 Å². The number of hydrogen-bond donors (Lipinski definition) is 4. The van der Waals surface area contributed by atoms with E-state index < -0.39 is 22.2 Å². The summed E-state index contributed by atoms with van der Waals surface area (Å²) in [5.41, 5.74) is -1.84. The normalized spacial score (nSPS) is 27.4. The van der Waals surface area contributed by atoms with Crippen LogP contribution in [0.1, 0.15) is 87.5 Å². The third kappa shape index (κ3) is 5.48. The van der Waals surface area contributed by atoms with Gasteiger partial charge in [-0.25, -0.2) is 0 Å². The topological polar surface area (TPSA) is 105 Å². The van der Waals surface area contributed by atoms with Crippen molar-refractivity contribution in [2.45, 2.75) is 122 Å². The SMILES string of the molecule is CC1(C)CC(NC(=O)CC(=O)NC2CC(C)(C)N(O)C(C)(C)C2)CC(C)(C)N1O. The summed E-state index contributed by atoms with van der Waals surface area (Å²) in [6.07, 6.45) is 2.21. The van der Waals surface area contributed by atoms with Crippen LogP contribution in [-0.2, 0) is 9.59 Å². The van der Waals surface area contributed by atoms with Gasteiger partial charge in [0.15, 0.2) is 0 Å². The van der Waals surface area contributed by atoms with Crippen LogP contribution in [0.2, 0.25) is 0 Å². The van der Waals surface area contributed by atoms with Crippen LogP contribution in [0, 0.1) is 0 Å². The van der Waals surface area contributed by atoms with Crippen LogP contribution >= 0.6 is 0 Å². The maximum Gasteiger partial charge on any atom is 0.229 e. The second-order valence-corrected chi connectivity index (χ2v) is 11.4. The molecule has 29 heavy (non-hydrogen) atoms. The van der Waals surface area contributed by atoms with Crippen molar-refractivity contribution in [3.8, 4) is 0 Å². The maximum atomic E-state index is 12.5. The summed E-state index contributed by atoms with van der Waals surface area (Å²) in [5.74, 6) is -0.604. The number of nitrogens with one attached hydrogen (secondary N) is 2. The van der Waals surface area contributed by atoms with E-state index in [-0.39, 0.29) is 30.3 Å². The van der Waals surface area contributed by atoms with E-state index in [1.165, 1.54) is 10.1 Å². The highest BCUT2D eigenvalue weighted by Gasteiger charge is 2.46. The second kappa shape index (κ2) is 7.80. The van der Waals surface area contributed by atoms with Crippen molar-refractivity contribution in [3.63, 3.8) is 0 Å². The Morgan fingerprint density at radius 3 is 1.17 bits per heavy atom. The van der Waals surface area contributed by atoms with Crippen LogP contribution in [0.3, 0.4) is 0 Å². The van der Waals surface area contributed by atoms with Crippen molar-refractivity contribution in [2.24, 2.45) is 0 Å². The minimum atomic E-state index is -0.461. The quantitative estimate of drug-likeness (QED) is 0.529. The molecule has 0 radical (unpaired) electrons. The fraction of sp³-hybridized carbons (Fsp3) is 0.905. The predicted molar refractivity (Wildman–Crippen MR) is 111 cm³/mol. The van der Waals surface area contributed by atoms with Crippen LogP contribution in [0.5, 0.6) is 0 Å². The van der Waals surface area contributed by atoms with Crippen LogP contribution in [0.4, 0.5) is 0 Å². The van der Waals surface area contributed by atoms with Crippen LogP contribution in [0.15, 0.2) is 0 Å². The molecule has 2 aliphatic heterocycles. The molecule has 2 saturated heterocycles. The molecule has 2 aliphatic rings. The molecule has 2 rings (SSSR count). The standard InChI is InChI=1S/C21H40N4O4/c1-18(2)10-14(11-19(3,4)24(18)28)22-16(26)9-17(27)23-15-12-20(5,6)25(29)21(7,8)13-15/h14-15,28-29H,9-13H2,1-8H3,(H,22,26)(H,23,27). The molecule has 0 aromatic heterocycles. The predicted octanol–water partition coefficient (Wildman–Crippen LogP) is 2.43. The Morgan fingerprint density at radius 2 is 0.931 bits per heavy atom. The first-order chi connectivity index (χ1) is 13.0. The Balaban J connectivity index is 1.91. The zero-order valence-electron chi connectivity index (χ0n) is 19.3. The number of carbonyl (C=O) groups excluding carboxylic acids is 2. The van der Waals surface area contributed by atoms with Crippen molar-refractivity contribution in [3.05, 3.63) is 0 Å². The first kappa shape index (κ1) is 24.1. The van der Waals surface area contributed by atoms with Crippen molar-refractivity contribution in [1.29, 1.82) is 0 Å². The van der Waals surface area contributed by atoms with E-state index in [4.69, 9.17) is 0 Å². The summed E-state index contributed by atoms with van der Waals surface area (Å²) >= 11 is 0. The number of piperidine rings is 2. The average molecular weight is 413 g/mol. The lowest BCUT2D eigenvalue weighted by molar-refractivity contribution is -0.246. The number of nitrogens with zero attached hydrogens (tertiary/aromatic N) is 2. The summed E-state index contributed by atoms with van der Waals surface area (Å²) < 4.78 is 0. The Hall–Kier alpha value is -1.22. The van der Waals surface area contributed by atoms with Gasteiger partial charge in [-0.15, -0.1) is 0 Å². The molecule has 0 aromatic rings. The summed E-state index contributed by atoms with van der Waals surface area (Å²) in [4.78, 5) is 25.0. The minimum absolute atomic E-state index is 0.0980. The highest BCUT2D eigenvalue weighted by Crippen LogP contribution is 2.37. The largest absolute Gasteiger partial charge is 0.353 e. The molecular weight excluding hydrogens is 372 g/mol. The monoisotopic (exact) mass is 412 g/mol. The zero-order valence-corrected chi connectivity index (χ0v) is 19.3. The Morgan fingerprint density at radius 1 is 0.690 bits per heavy atom. The second-order valence-electron chi connectivity index (χ2n) is 11.4. The molecule has 8 nitrogen and oxygen atoms in total. The number of carbonyl (C=O) groups is 2. The van der Waals surface area contributed by atoms with Gasteiger partial charge >= 0.3 is 0 Å². The van der Waals surface area contributed by atoms with Gasteiger partial charge in [0.2, 0.25) is 11.8 Å². The van der Waals surface area contributed by atoms with Gasteiger partial charge in [0, 0.05) is 34.2 Å². The molecule has 2 heterocycles. The van der Waals surface area contributed by atoms with Gasteiger partial charge < -0.3 is 21.0 Å². The molecule has 0 aromatic carbocycles. The molecule has 8 heteroatoms. The Kier molecular flexibility index (Phi) is 6.47. The fourth-order valence-corrected chi connectivity index (χ4v) is 5.45. The van der Waals surface area contributed by atoms with Crippen LogP contribution in [-0.4, -0.2) is 66.6 Å². The molecule has 0 bridgehead atoms. The van der Waals surface area contributed by atoms with E-state index in [9.17, 15) is 20.0 Å². The Labute approximate surface area is 174 Å². The van der Waals surface area contributed by atoms with Crippen molar-refractivity contribution in [2.75, 3.05) is 0 Å². The molecule has 2 amide bonds. The molecule has 4 N–H and O–H groups in total. The molecule has 0 unspecified atom stereocenters. The number of amides is 2. The smallest absolute Gasteiger partial charge is 0.229 e. The summed E-state index contributed by atoms with van der Waals surface area (Å²) in [6.45, 7) is 15.5. The minimum Gasteiger partial charge on any atom is -0.353 e. The van der Waals surface area contributed by atoms with Crippen molar-refractivity contribution in [1.82, 2.24) is 20.8 Å². The van der Waals surface area contributed by atoms with E-state index in [1.807, 2.05) is 55.4 Å². The van der Waals surface area contributed by atoms with Crippen LogP contribution in [0.25, 0.3) is 0 Å². The third-order valence-corrected chi connectivity index (χ3v) is 6.33.